The second kappa shape index (κ2) is 5.86. The molecule has 0 atom stereocenters. The van der Waals surface area contributed by atoms with Crippen molar-refractivity contribution in [3.05, 3.63) is 23.8 Å². The third kappa shape index (κ3) is 2.76. The van der Waals surface area contributed by atoms with E-state index in [0.717, 1.165) is 23.4 Å². The first-order valence-corrected chi connectivity index (χ1v) is 7.34. The van der Waals surface area contributed by atoms with Crippen molar-refractivity contribution in [1.82, 2.24) is 5.32 Å². The van der Waals surface area contributed by atoms with Crippen LogP contribution in [0.25, 0.3) is 0 Å². The van der Waals surface area contributed by atoms with Crippen LogP contribution in [0.5, 0.6) is 0 Å². The van der Waals surface area contributed by atoms with Gasteiger partial charge in [-0.2, -0.15) is 0 Å². The number of rotatable bonds is 3. The van der Waals surface area contributed by atoms with Gasteiger partial charge in [-0.3, -0.25) is 9.59 Å². The van der Waals surface area contributed by atoms with Crippen LogP contribution < -0.4 is 10.2 Å². The van der Waals surface area contributed by atoms with Crippen molar-refractivity contribution in [2.75, 3.05) is 24.2 Å². The molecular weight excluding hydrogens is 316 g/mol. The van der Waals surface area contributed by atoms with Gasteiger partial charge in [0.15, 0.2) is 0 Å². The van der Waals surface area contributed by atoms with Crippen LogP contribution >= 0.6 is 27.7 Å². The molecule has 1 aliphatic rings. The number of benzene rings is 1. The summed E-state index contributed by atoms with van der Waals surface area (Å²) >= 11 is 4.34. The van der Waals surface area contributed by atoms with Crippen LogP contribution in [0.3, 0.4) is 0 Å². The number of halogens is 1. The molecular formula is C12H13BrN2O2S. The summed E-state index contributed by atoms with van der Waals surface area (Å²) in [4.78, 5) is 25.0. The number of imide groups is 1. The number of hydrogen-bond donors (Lipinski definition) is 1. The first-order chi connectivity index (χ1) is 8.63. The Morgan fingerprint density at radius 3 is 3.00 bits per heavy atom. The Labute approximate surface area is 118 Å². The highest BCUT2D eigenvalue weighted by Crippen LogP contribution is 2.36. The summed E-state index contributed by atoms with van der Waals surface area (Å²) in [5, 5.41) is 3.08. The van der Waals surface area contributed by atoms with Crippen LogP contribution in [0, 0.1) is 0 Å². The quantitative estimate of drug-likeness (QED) is 0.683. The minimum Gasteiger partial charge on any atom is -0.319 e. The molecule has 1 N–H and O–H groups in total. The van der Waals surface area contributed by atoms with E-state index in [4.69, 9.17) is 0 Å². The van der Waals surface area contributed by atoms with Gasteiger partial charge in [-0.1, -0.05) is 6.07 Å². The van der Waals surface area contributed by atoms with E-state index in [0.29, 0.717) is 11.4 Å². The number of thioether (sulfide) groups is 1. The molecule has 96 valence electrons. The summed E-state index contributed by atoms with van der Waals surface area (Å²) in [7, 11) is 1.89. The summed E-state index contributed by atoms with van der Waals surface area (Å²) in [5.41, 5.74) is 1.80. The van der Waals surface area contributed by atoms with Crippen LogP contribution in [0.2, 0.25) is 0 Å². The highest BCUT2D eigenvalue weighted by molar-refractivity contribution is 9.18. The molecule has 0 saturated heterocycles. The molecule has 2 rings (SSSR count). The number of carbonyl (C=O) groups excluding carboxylic acids is 2. The molecule has 18 heavy (non-hydrogen) atoms. The van der Waals surface area contributed by atoms with Crippen molar-refractivity contribution < 1.29 is 9.59 Å². The zero-order valence-electron chi connectivity index (χ0n) is 9.90. The third-order valence-corrected chi connectivity index (χ3v) is 4.11. The van der Waals surface area contributed by atoms with Crippen molar-refractivity contribution >= 4 is 44.1 Å². The molecule has 0 unspecified atom stereocenters. The van der Waals surface area contributed by atoms with Gasteiger partial charge in [0, 0.05) is 20.8 Å². The third-order valence-electron chi connectivity index (χ3n) is 2.70. The molecule has 1 aromatic carbocycles. The Hall–Kier alpha value is -0.850. The van der Waals surface area contributed by atoms with E-state index in [9.17, 15) is 9.59 Å². The summed E-state index contributed by atoms with van der Waals surface area (Å²) in [6.45, 7) is 0.863. The van der Waals surface area contributed by atoms with Gasteiger partial charge in [-0.25, -0.2) is 4.90 Å². The molecule has 0 fully saturated rings. The van der Waals surface area contributed by atoms with Crippen molar-refractivity contribution in [3.8, 4) is 0 Å². The monoisotopic (exact) mass is 328 g/mol. The van der Waals surface area contributed by atoms with Gasteiger partial charge in [-0.15, -0.1) is 11.8 Å². The number of fused-ring (bicyclic) bond motifs is 1. The standard InChI is InChI=1S/C12H13BrN2O2S/c1-14-5-4-8-2-3-10-9(6-8)15(12(13)17)11(16)7-18-10/h2-3,6,14H,4-5,7H2,1H3. The minimum atomic E-state index is -0.403. The molecule has 0 bridgehead atoms. The topological polar surface area (TPSA) is 49.4 Å². The number of nitrogens with zero attached hydrogens (tertiary/aromatic N) is 1. The highest BCUT2D eigenvalue weighted by Gasteiger charge is 2.28. The fourth-order valence-corrected chi connectivity index (χ4v) is 3.07. The summed E-state index contributed by atoms with van der Waals surface area (Å²) in [6, 6.07) is 5.92. The Kier molecular flexibility index (Phi) is 4.42. The summed E-state index contributed by atoms with van der Waals surface area (Å²) in [5.74, 6) is 0.125. The van der Waals surface area contributed by atoms with E-state index in [1.54, 1.807) is 0 Å². The SMILES string of the molecule is CNCCc1ccc2c(c1)N(C(=O)Br)C(=O)CS2. The van der Waals surface area contributed by atoms with Gasteiger partial charge in [0.05, 0.1) is 11.4 Å². The van der Waals surface area contributed by atoms with Gasteiger partial charge >= 0.3 is 4.82 Å². The Morgan fingerprint density at radius 2 is 2.33 bits per heavy atom. The highest BCUT2D eigenvalue weighted by atomic mass is 79.9. The number of nitrogens with one attached hydrogen (secondary N) is 1. The second-order valence-electron chi connectivity index (χ2n) is 3.93. The lowest BCUT2D eigenvalue weighted by Crippen LogP contribution is -2.37. The molecule has 2 amide bonds. The van der Waals surface area contributed by atoms with Gasteiger partial charge in [-0.05, 0) is 37.7 Å². The molecule has 4 nitrogen and oxygen atoms in total. The molecule has 0 aliphatic carbocycles. The molecule has 0 aromatic heterocycles. The average molecular weight is 329 g/mol. The molecule has 0 spiro atoms. The van der Waals surface area contributed by atoms with E-state index in [1.807, 2.05) is 25.2 Å². The van der Waals surface area contributed by atoms with Crippen molar-refractivity contribution in [1.29, 1.82) is 0 Å². The van der Waals surface area contributed by atoms with Gasteiger partial charge in [0.1, 0.15) is 0 Å². The predicted molar refractivity (Wildman–Crippen MR) is 76.6 cm³/mol. The van der Waals surface area contributed by atoms with Crippen molar-refractivity contribution in [2.24, 2.45) is 0 Å². The largest absolute Gasteiger partial charge is 0.319 e. The lowest BCUT2D eigenvalue weighted by atomic mass is 10.1. The summed E-state index contributed by atoms with van der Waals surface area (Å²) < 4.78 is 0. The van der Waals surface area contributed by atoms with Gasteiger partial charge in [0.25, 0.3) is 0 Å². The minimum absolute atomic E-state index is 0.180. The van der Waals surface area contributed by atoms with E-state index in [2.05, 4.69) is 21.2 Å². The van der Waals surface area contributed by atoms with Gasteiger partial charge in [0.2, 0.25) is 5.91 Å². The van der Waals surface area contributed by atoms with E-state index < -0.39 is 4.82 Å². The summed E-state index contributed by atoms with van der Waals surface area (Å²) in [6.07, 6.45) is 0.868. The average Bonchev–Trinajstić information content (AvgIpc) is 2.35. The molecule has 0 radical (unpaired) electrons. The maximum Gasteiger partial charge on any atom is 0.300 e. The molecule has 6 heteroatoms. The van der Waals surface area contributed by atoms with Crippen LogP contribution in [0.4, 0.5) is 10.5 Å². The normalized spacial score (nSPS) is 14.6. The lowest BCUT2D eigenvalue weighted by molar-refractivity contribution is -0.115. The molecule has 1 aromatic rings. The van der Waals surface area contributed by atoms with Crippen LogP contribution in [-0.4, -0.2) is 30.1 Å². The molecule has 0 saturated carbocycles. The van der Waals surface area contributed by atoms with E-state index >= 15 is 0 Å². The first kappa shape index (κ1) is 13.6. The Morgan fingerprint density at radius 1 is 1.56 bits per heavy atom. The fraction of sp³-hybridized carbons (Fsp3) is 0.333. The van der Waals surface area contributed by atoms with E-state index in [1.165, 1.54) is 16.7 Å². The van der Waals surface area contributed by atoms with E-state index in [-0.39, 0.29) is 5.91 Å². The predicted octanol–water partition coefficient (Wildman–Crippen LogP) is 2.40. The molecule has 1 heterocycles. The Bertz CT molecular complexity index is 493. The van der Waals surface area contributed by atoms with Crippen molar-refractivity contribution in [3.63, 3.8) is 0 Å². The fourth-order valence-electron chi connectivity index (χ4n) is 1.82. The number of amides is 2. The zero-order valence-corrected chi connectivity index (χ0v) is 12.3. The number of hydrogen-bond acceptors (Lipinski definition) is 4. The zero-order chi connectivity index (χ0) is 13.1. The number of likely N-dealkylation sites (N-methyl/N-ethyl adjacent to an activating group) is 1. The van der Waals surface area contributed by atoms with Crippen molar-refractivity contribution in [2.45, 2.75) is 11.3 Å². The number of anilines is 1. The smallest absolute Gasteiger partial charge is 0.300 e. The van der Waals surface area contributed by atoms with Crippen LogP contribution in [-0.2, 0) is 11.2 Å². The lowest BCUT2D eigenvalue weighted by Gasteiger charge is -2.26. The van der Waals surface area contributed by atoms with Crippen LogP contribution in [0.15, 0.2) is 23.1 Å². The molecule has 1 aliphatic heterocycles. The second-order valence-corrected chi connectivity index (χ2v) is 5.62. The van der Waals surface area contributed by atoms with Crippen LogP contribution in [0.1, 0.15) is 5.56 Å². The van der Waals surface area contributed by atoms with Gasteiger partial charge < -0.3 is 5.32 Å². The maximum absolute atomic E-state index is 11.8. The maximum atomic E-state index is 11.8. The number of carbonyl (C=O) groups is 2. The Balaban J connectivity index is 2.35. The first-order valence-electron chi connectivity index (χ1n) is 5.56.